The van der Waals surface area contributed by atoms with Crippen molar-refractivity contribution in [2.45, 2.75) is 66.2 Å². The van der Waals surface area contributed by atoms with E-state index in [1.54, 1.807) is 0 Å². The molecule has 0 unspecified atom stereocenters. The smallest absolute Gasteiger partial charge is 0.122 e. The molecule has 0 aromatic heterocycles. The second-order valence-corrected chi connectivity index (χ2v) is 7.14. The third kappa shape index (κ3) is 6.05. The molecule has 26 heavy (non-hydrogen) atoms. The zero-order chi connectivity index (χ0) is 18.8. The number of hydrogen-bond donors (Lipinski definition) is 0. The zero-order valence-electron chi connectivity index (χ0n) is 17.0. The molecule has 2 rings (SSSR count). The number of aryl methyl sites for hydroxylation is 1. The van der Waals surface area contributed by atoms with Crippen molar-refractivity contribution >= 4 is 12.2 Å². The number of hydrogen-bond acceptors (Lipinski definition) is 1. The molecule has 0 spiro atoms. The molecule has 0 fully saturated rings. The lowest BCUT2D eigenvalue weighted by molar-refractivity contribution is 0.307. The summed E-state index contributed by atoms with van der Waals surface area (Å²) in [6.45, 7) is 9.57. The lowest BCUT2D eigenvalue weighted by Crippen LogP contribution is -2.00. The monoisotopic (exact) mass is 350 g/mol. The maximum Gasteiger partial charge on any atom is 0.122 e. The van der Waals surface area contributed by atoms with E-state index < -0.39 is 0 Å². The topological polar surface area (TPSA) is 9.23 Å². The van der Waals surface area contributed by atoms with Crippen molar-refractivity contribution in [3.05, 3.63) is 64.2 Å². The highest BCUT2D eigenvalue weighted by Crippen LogP contribution is 2.26. The second-order valence-electron chi connectivity index (χ2n) is 7.14. The van der Waals surface area contributed by atoms with Gasteiger partial charge in [0.1, 0.15) is 5.75 Å². The van der Waals surface area contributed by atoms with Gasteiger partial charge in [0.15, 0.2) is 0 Å². The van der Waals surface area contributed by atoms with Crippen LogP contribution in [0.3, 0.4) is 0 Å². The van der Waals surface area contributed by atoms with Crippen LogP contribution in [0.2, 0.25) is 0 Å². The molecule has 1 heteroatoms. The van der Waals surface area contributed by atoms with Crippen molar-refractivity contribution in [3.8, 4) is 5.75 Å². The van der Waals surface area contributed by atoms with Gasteiger partial charge in [-0.2, -0.15) is 0 Å². The molecule has 2 aromatic carbocycles. The highest BCUT2D eigenvalue weighted by atomic mass is 16.5. The summed E-state index contributed by atoms with van der Waals surface area (Å²) in [4.78, 5) is 0. The molecule has 0 saturated heterocycles. The lowest BCUT2D eigenvalue weighted by Gasteiger charge is -2.12. The summed E-state index contributed by atoms with van der Waals surface area (Å²) in [5.41, 5.74) is 6.50. The Labute approximate surface area is 160 Å². The van der Waals surface area contributed by atoms with Gasteiger partial charge in [-0.05, 0) is 67.0 Å². The fourth-order valence-electron chi connectivity index (χ4n) is 3.04. The third-order valence-corrected chi connectivity index (χ3v) is 5.04. The van der Waals surface area contributed by atoms with Gasteiger partial charge in [0.25, 0.3) is 0 Å². The quantitative estimate of drug-likeness (QED) is 0.321. The Morgan fingerprint density at radius 1 is 0.769 bits per heavy atom. The standard InChI is InChI=1S/C25H34O/c1-5-7-9-10-22-11-13-23(14-12-22)15-16-24-17-18-25(21(4)20(24)3)26-19-8-6-2/h11-18H,5-10,19H2,1-4H3. The Morgan fingerprint density at radius 3 is 2.19 bits per heavy atom. The van der Waals surface area contributed by atoms with Gasteiger partial charge in [0, 0.05) is 0 Å². The summed E-state index contributed by atoms with van der Waals surface area (Å²) < 4.78 is 5.91. The molecule has 0 bridgehead atoms. The summed E-state index contributed by atoms with van der Waals surface area (Å²) in [6.07, 6.45) is 11.8. The molecule has 140 valence electrons. The third-order valence-electron chi connectivity index (χ3n) is 5.04. The largest absolute Gasteiger partial charge is 0.493 e. The maximum atomic E-state index is 5.91. The molecule has 0 N–H and O–H groups in total. The van der Waals surface area contributed by atoms with E-state index >= 15 is 0 Å². The van der Waals surface area contributed by atoms with E-state index in [2.05, 4.69) is 76.2 Å². The molecule has 1 nitrogen and oxygen atoms in total. The van der Waals surface area contributed by atoms with Crippen molar-refractivity contribution in [1.82, 2.24) is 0 Å². The van der Waals surface area contributed by atoms with Crippen LogP contribution in [-0.4, -0.2) is 6.61 Å². The average Bonchev–Trinajstić information content (AvgIpc) is 2.66. The predicted molar refractivity (Wildman–Crippen MR) is 115 cm³/mol. The lowest BCUT2D eigenvalue weighted by atomic mass is 10.0. The van der Waals surface area contributed by atoms with Gasteiger partial charge < -0.3 is 4.74 Å². The molecule has 0 aliphatic heterocycles. The van der Waals surface area contributed by atoms with Crippen LogP contribution in [0.15, 0.2) is 36.4 Å². The highest BCUT2D eigenvalue weighted by molar-refractivity contribution is 5.72. The van der Waals surface area contributed by atoms with Crippen LogP contribution in [0.25, 0.3) is 12.2 Å². The minimum Gasteiger partial charge on any atom is -0.493 e. The summed E-state index contributed by atoms with van der Waals surface area (Å²) in [5.74, 6) is 1.02. The number of ether oxygens (including phenoxy) is 1. The Balaban J connectivity index is 2.02. The summed E-state index contributed by atoms with van der Waals surface area (Å²) in [7, 11) is 0. The van der Waals surface area contributed by atoms with E-state index in [0.717, 1.165) is 25.2 Å². The van der Waals surface area contributed by atoms with Gasteiger partial charge in [-0.3, -0.25) is 0 Å². The van der Waals surface area contributed by atoms with Crippen LogP contribution in [0, 0.1) is 13.8 Å². The normalized spacial score (nSPS) is 11.2. The summed E-state index contributed by atoms with van der Waals surface area (Å²) in [6, 6.07) is 13.2. The van der Waals surface area contributed by atoms with Crippen molar-refractivity contribution in [2.24, 2.45) is 0 Å². The first-order valence-electron chi connectivity index (χ1n) is 10.2. The summed E-state index contributed by atoms with van der Waals surface area (Å²) >= 11 is 0. The molecule has 0 saturated carbocycles. The Bertz CT molecular complexity index is 695. The molecule has 0 heterocycles. The van der Waals surface area contributed by atoms with E-state index in [-0.39, 0.29) is 0 Å². The van der Waals surface area contributed by atoms with Gasteiger partial charge >= 0.3 is 0 Å². The SMILES string of the molecule is CCCCCc1ccc(C=Cc2ccc(OCCCC)c(C)c2C)cc1. The molecule has 0 atom stereocenters. The van der Waals surface area contributed by atoms with Crippen molar-refractivity contribution < 1.29 is 4.74 Å². The molecule has 2 aromatic rings. The molecular formula is C25H34O. The Kier molecular flexibility index (Phi) is 8.47. The van der Waals surface area contributed by atoms with E-state index in [1.807, 2.05) is 0 Å². The van der Waals surface area contributed by atoms with Crippen molar-refractivity contribution in [1.29, 1.82) is 0 Å². The average molecular weight is 351 g/mol. The van der Waals surface area contributed by atoms with Gasteiger partial charge in [0.05, 0.1) is 6.61 Å². The number of benzene rings is 2. The maximum absolute atomic E-state index is 5.91. The minimum atomic E-state index is 0.802. The van der Waals surface area contributed by atoms with Gasteiger partial charge in [-0.1, -0.05) is 75.6 Å². The Morgan fingerprint density at radius 2 is 1.50 bits per heavy atom. The Hall–Kier alpha value is -2.02. The first-order valence-corrected chi connectivity index (χ1v) is 10.2. The van der Waals surface area contributed by atoms with Gasteiger partial charge in [0.2, 0.25) is 0 Å². The minimum absolute atomic E-state index is 0.802. The van der Waals surface area contributed by atoms with E-state index in [1.165, 1.54) is 53.5 Å². The molecular weight excluding hydrogens is 316 g/mol. The van der Waals surface area contributed by atoms with Crippen LogP contribution in [0.1, 0.15) is 73.8 Å². The fourth-order valence-corrected chi connectivity index (χ4v) is 3.04. The van der Waals surface area contributed by atoms with Gasteiger partial charge in [-0.15, -0.1) is 0 Å². The van der Waals surface area contributed by atoms with Crippen molar-refractivity contribution in [3.63, 3.8) is 0 Å². The zero-order valence-corrected chi connectivity index (χ0v) is 17.0. The van der Waals surface area contributed by atoms with Crippen LogP contribution in [0.4, 0.5) is 0 Å². The first-order chi connectivity index (χ1) is 12.7. The summed E-state index contributed by atoms with van der Waals surface area (Å²) in [5, 5.41) is 0. The fraction of sp³-hybridized carbons (Fsp3) is 0.440. The highest BCUT2D eigenvalue weighted by Gasteiger charge is 2.05. The second kappa shape index (κ2) is 10.9. The van der Waals surface area contributed by atoms with Crippen LogP contribution in [0.5, 0.6) is 5.75 Å². The predicted octanol–water partition coefficient (Wildman–Crippen LogP) is 7.39. The van der Waals surface area contributed by atoms with Crippen molar-refractivity contribution in [2.75, 3.05) is 6.61 Å². The van der Waals surface area contributed by atoms with Gasteiger partial charge in [-0.25, -0.2) is 0 Å². The van der Waals surface area contributed by atoms with Crippen LogP contribution < -0.4 is 4.74 Å². The molecule has 0 radical (unpaired) electrons. The van der Waals surface area contributed by atoms with E-state index in [9.17, 15) is 0 Å². The van der Waals surface area contributed by atoms with E-state index in [0.29, 0.717) is 0 Å². The number of unbranched alkanes of at least 4 members (excludes halogenated alkanes) is 3. The molecule has 0 aliphatic rings. The first kappa shape index (κ1) is 20.3. The van der Waals surface area contributed by atoms with Crippen LogP contribution in [-0.2, 0) is 6.42 Å². The van der Waals surface area contributed by atoms with Crippen LogP contribution >= 0.6 is 0 Å². The molecule has 0 aliphatic carbocycles. The van der Waals surface area contributed by atoms with E-state index in [4.69, 9.17) is 4.74 Å². The molecule has 0 amide bonds. The number of rotatable bonds is 10.